The van der Waals surface area contributed by atoms with Crippen LogP contribution in [0, 0.1) is 18.3 Å². The first-order valence-corrected chi connectivity index (χ1v) is 3.81. The quantitative estimate of drug-likeness (QED) is 0.667. The summed E-state index contributed by atoms with van der Waals surface area (Å²) in [6.45, 7) is 1.84. The van der Waals surface area contributed by atoms with E-state index in [0.717, 1.165) is 5.56 Å². The summed E-state index contributed by atoms with van der Waals surface area (Å²) in [7, 11) is 1.55. The molecule has 0 aliphatic heterocycles. The Hall–Kier alpha value is -1.20. The molecule has 0 amide bonds. The highest BCUT2D eigenvalue weighted by Gasteiger charge is 2.04. The van der Waals surface area contributed by atoms with Crippen LogP contribution in [0.4, 0.5) is 0 Å². The summed E-state index contributed by atoms with van der Waals surface area (Å²) in [5, 5.41) is 9.13. The van der Waals surface area contributed by atoms with E-state index in [2.05, 4.69) is 0 Å². The zero-order valence-corrected chi connectivity index (χ0v) is 7.64. The van der Waals surface area contributed by atoms with Gasteiger partial charge >= 0.3 is 0 Å². The molecule has 62 valence electrons. The van der Waals surface area contributed by atoms with Gasteiger partial charge in [0.15, 0.2) is 0 Å². The molecule has 1 rings (SSSR count). The number of hydrogen-bond donors (Lipinski definition) is 0. The summed E-state index contributed by atoms with van der Waals surface area (Å²) in [5.41, 5.74) is 1.46. The fraction of sp³-hybridized carbons (Fsp3) is 0.222. The van der Waals surface area contributed by atoms with Crippen molar-refractivity contribution in [1.82, 2.24) is 0 Å². The van der Waals surface area contributed by atoms with E-state index >= 15 is 0 Å². The van der Waals surface area contributed by atoms with Crippen molar-refractivity contribution in [2.75, 3.05) is 7.11 Å². The minimum Gasteiger partial charge on any atom is -0.495 e. The molecule has 0 fully saturated rings. The minimum absolute atomic E-state index is 0.472. The maximum atomic E-state index is 8.66. The third-order valence-electron chi connectivity index (χ3n) is 1.62. The van der Waals surface area contributed by atoms with E-state index in [1.165, 1.54) is 0 Å². The molecule has 2 nitrogen and oxygen atoms in total. The van der Waals surface area contributed by atoms with Gasteiger partial charge in [0.1, 0.15) is 5.75 Å². The molecular formula is C9H8ClNO. The van der Waals surface area contributed by atoms with E-state index in [0.29, 0.717) is 16.3 Å². The lowest BCUT2D eigenvalue weighted by molar-refractivity contribution is 0.414. The molecule has 0 radical (unpaired) electrons. The summed E-state index contributed by atoms with van der Waals surface area (Å²) >= 11 is 5.80. The standard InChI is InChI=1S/C9H8ClNO/c1-6-3-9(12-2)8(10)4-7(6)5-11/h3-4H,1-2H3. The third kappa shape index (κ3) is 1.51. The van der Waals surface area contributed by atoms with E-state index in [1.54, 1.807) is 19.2 Å². The summed E-state index contributed by atoms with van der Waals surface area (Å²) in [5.74, 6) is 0.605. The molecular weight excluding hydrogens is 174 g/mol. The maximum absolute atomic E-state index is 8.66. The van der Waals surface area contributed by atoms with E-state index in [1.807, 2.05) is 13.0 Å². The van der Waals surface area contributed by atoms with Crippen LogP contribution in [0.1, 0.15) is 11.1 Å². The Morgan fingerprint density at radius 2 is 2.17 bits per heavy atom. The van der Waals surface area contributed by atoms with Gasteiger partial charge in [0.25, 0.3) is 0 Å². The van der Waals surface area contributed by atoms with Crippen molar-refractivity contribution in [1.29, 1.82) is 5.26 Å². The Kier molecular flexibility index (Phi) is 2.57. The first kappa shape index (κ1) is 8.89. The highest BCUT2D eigenvalue weighted by atomic mass is 35.5. The lowest BCUT2D eigenvalue weighted by Gasteiger charge is -2.04. The molecule has 0 aliphatic rings. The lowest BCUT2D eigenvalue weighted by atomic mass is 10.1. The number of halogens is 1. The number of hydrogen-bond acceptors (Lipinski definition) is 2. The van der Waals surface area contributed by atoms with Crippen LogP contribution in [0.15, 0.2) is 12.1 Å². The third-order valence-corrected chi connectivity index (χ3v) is 1.91. The van der Waals surface area contributed by atoms with Crippen LogP contribution in [0.3, 0.4) is 0 Å². The highest BCUT2D eigenvalue weighted by molar-refractivity contribution is 6.32. The van der Waals surface area contributed by atoms with Crippen LogP contribution in [-0.2, 0) is 0 Å². The first-order valence-electron chi connectivity index (χ1n) is 3.43. The zero-order chi connectivity index (χ0) is 9.14. The zero-order valence-electron chi connectivity index (χ0n) is 6.89. The van der Waals surface area contributed by atoms with Crippen LogP contribution < -0.4 is 4.74 Å². The largest absolute Gasteiger partial charge is 0.495 e. The van der Waals surface area contributed by atoms with Gasteiger partial charge in [-0.05, 0) is 24.6 Å². The van der Waals surface area contributed by atoms with Gasteiger partial charge in [-0.2, -0.15) is 5.26 Å². The number of rotatable bonds is 1. The van der Waals surface area contributed by atoms with Gasteiger partial charge in [0, 0.05) is 0 Å². The van der Waals surface area contributed by atoms with Gasteiger partial charge in [0.05, 0.1) is 23.8 Å². The number of benzene rings is 1. The fourth-order valence-corrected chi connectivity index (χ4v) is 1.17. The predicted molar refractivity (Wildman–Crippen MR) is 47.5 cm³/mol. The number of methoxy groups -OCH3 is 1. The SMILES string of the molecule is COc1cc(C)c(C#N)cc1Cl. The molecule has 12 heavy (non-hydrogen) atoms. The molecule has 3 heteroatoms. The smallest absolute Gasteiger partial charge is 0.137 e. The fourth-order valence-electron chi connectivity index (χ4n) is 0.932. The molecule has 0 aromatic heterocycles. The minimum atomic E-state index is 0.472. The average Bonchev–Trinajstić information content (AvgIpc) is 2.08. The Morgan fingerprint density at radius 1 is 1.50 bits per heavy atom. The van der Waals surface area contributed by atoms with Crippen LogP contribution in [0.5, 0.6) is 5.75 Å². The molecule has 0 atom stereocenters. The summed E-state index contributed by atoms with van der Waals surface area (Å²) in [6, 6.07) is 5.41. The predicted octanol–water partition coefficient (Wildman–Crippen LogP) is 2.53. The summed E-state index contributed by atoms with van der Waals surface area (Å²) in [6.07, 6.45) is 0. The van der Waals surface area contributed by atoms with E-state index in [4.69, 9.17) is 21.6 Å². The Morgan fingerprint density at radius 3 is 2.67 bits per heavy atom. The second-order valence-corrected chi connectivity index (χ2v) is 2.82. The Bertz CT molecular complexity index is 340. The van der Waals surface area contributed by atoms with Gasteiger partial charge in [-0.3, -0.25) is 0 Å². The summed E-state index contributed by atoms with van der Waals surface area (Å²) in [4.78, 5) is 0. The highest BCUT2D eigenvalue weighted by Crippen LogP contribution is 2.27. The Labute approximate surface area is 76.3 Å². The molecule has 0 unspecified atom stereocenters. The molecule has 0 aliphatic carbocycles. The molecule has 0 saturated carbocycles. The molecule has 1 aromatic carbocycles. The number of aryl methyl sites for hydroxylation is 1. The summed E-state index contributed by atoms with van der Waals surface area (Å²) < 4.78 is 4.98. The van der Waals surface area contributed by atoms with Crippen molar-refractivity contribution in [2.45, 2.75) is 6.92 Å². The first-order chi connectivity index (χ1) is 5.69. The molecule has 1 aromatic rings. The van der Waals surface area contributed by atoms with Crippen molar-refractivity contribution >= 4 is 11.6 Å². The molecule has 0 spiro atoms. The van der Waals surface area contributed by atoms with Crippen molar-refractivity contribution < 1.29 is 4.74 Å². The van der Waals surface area contributed by atoms with E-state index < -0.39 is 0 Å². The number of ether oxygens (including phenoxy) is 1. The van der Waals surface area contributed by atoms with Crippen LogP contribution >= 0.6 is 11.6 Å². The van der Waals surface area contributed by atoms with E-state index in [-0.39, 0.29) is 0 Å². The van der Waals surface area contributed by atoms with Gasteiger partial charge in [-0.25, -0.2) is 0 Å². The van der Waals surface area contributed by atoms with Crippen LogP contribution in [0.2, 0.25) is 5.02 Å². The number of nitriles is 1. The van der Waals surface area contributed by atoms with Crippen molar-refractivity contribution in [2.24, 2.45) is 0 Å². The van der Waals surface area contributed by atoms with Crippen LogP contribution in [-0.4, -0.2) is 7.11 Å². The second-order valence-electron chi connectivity index (χ2n) is 2.41. The number of nitrogens with zero attached hydrogens (tertiary/aromatic N) is 1. The average molecular weight is 182 g/mol. The van der Waals surface area contributed by atoms with Gasteiger partial charge < -0.3 is 4.74 Å². The van der Waals surface area contributed by atoms with Gasteiger partial charge in [0.2, 0.25) is 0 Å². The van der Waals surface area contributed by atoms with E-state index in [9.17, 15) is 0 Å². The molecule has 0 saturated heterocycles. The second kappa shape index (κ2) is 3.46. The van der Waals surface area contributed by atoms with Crippen molar-refractivity contribution in [3.63, 3.8) is 0 Å². The molecule has 0 N–H and O–H groups in total. The molecule has 0 bridgehead atoms. The Balaban J connectivity index is 3.28. The maximum Gasteiger partial charge on any atom is 0.137 e. The lowest BCUT2D eigenvalue weighted by Crippen LogP contribution is -1.88. The normalized spacial score (nSPS) is 9.17. The van der Waals surface area contributed by atoms with Crippen molar-refractivity contribution in [3.05, 3.63) is 28.3 Å². The topological polar surface area (TPSA) is 33.0 Å². The van der Waals surface area contributed by atoms with Crippen molar-refractivity contribution in [3.8, 4) is 11.8 Å². The monoisotopic (exact) mass is 181 g/mol. The van der Waals surface area contributed by atoms with Gasteiger partial charge in [-0.1, -0.05) is 11.6 Å². The van der Waals surface area contributed by atoms with Crippen LogP contribution in [0.25, 0.3) is 0 Å². The molecule has 0 heterocycles. The van der Waals surface area contributed by atoms with Gasteiger partial charge in [-0.15, -0.1) is 0 Å².